The van der Waals surface area contributed by atoms with E-state index >= 15 is 0 Å². The van der Waals surface area contributed by atoms with Crippen molar-refractivity contribution in [3.8, 4) is 0 Å². The molecule has 3 rings (SSSR count). The first-order chi connectivity index (χ1) is 11.1. The van der Waals surface area contributed by atoms with Crippen molar-refractivity contribution in [3.05, 3.63) is 77.4 Å². The van der Waals surface area contributed by atoms with Gasteiger partial charge in [0.2, 0.25) is 0 Å². The van der Waals surface area contributed by atoms with Crippen LogP contribution >= 0.6 is 0 Å². The van der Waals surface area contributed by atoms with Gasteiger partial charge in [-0.3, -0.25) is 9.78 Å². The summed E-state index contributed by atoms with van der Waals surface area (Å²) in [7, 11) is 0. The number of aliphatic carboxylic acids is 1. The number of rotatable bonds is 5. The van der Waals surface area contributed by atoms with E-state index in [9.17, 15) is 9.18 Å². The summed E-state index contributed by atoms with van der Waals surface area (Å²) < 4.78 is 13.9. The second kappa shape index (κ2) is 6.57. The Labute approximate surface area is 133 Å². The number of aromatic nitrogens is 1. The zero-order valence-electron chi connectivity index (χ0n) is 12.5. The van der Waals surface area contributed by atoms with E-state index in [0.717, 1.165) is 22.1 Å². The minimum atomic E-state index is -0.819. The Morgan fingerprint density at radius 3 is 2.57 bits per heavy atom. The van der Waals surface area contributed by atoms with Crippen LogP contribution in [0.4, 0.5) is 4.39 Å². The summed E-state index contributed by atoms with van der Waals surface area (Å²) in [6.07, 6.45) is 4.58. The van der Waals surface area contributed by atoms with Crippen LogP contribution in [-0.2, 0) is 17.6 Å². The molecule has 116 valence electrons. The Balaban J connectivity index is 1.97. The number of benzene rings is 2. The fourth-order valence-corrected chi connectivity index (χ4v) is 2.78. The molecule has 0 aliphatic carbocycles. The van der Waals surface area contributed by atoms with E-state index in [4.69, 9.17) is 5.11 Å². The Morgan fingerprint density at radius 1 is 1.00 bits per heavy atom. The number of carboxylic acid groups (broad SMARTS) is 1. The molecule has 3 aromatic rings. The maximum atomic E-state index is 13.9. The highest BCUT2D eigenvalue weighted by Gasteiger charge is 2.10. The first-order valence-electron chi connectivity index (χ1n) is 7.45. The van der Waals surface area contributed by atoms with Crippen molar-refractivity contribution < 1.29 is 14.3 Å². The topological polar surface area (TPSA) is 50.2 Å². The van der Waals surface area contributed by atoms with Crippen molar-refractivity contribution in [1.29, 1.82) is 0 Å². The van der Waals surface area contributed by atoms with Crippen molar-refractivity contribution in [2.75, 3.05) is 0 Å². The third-order valence-electron chi connectivity index (χ3n) is 3.95. The molecule has 0 radical (unpaired) electrons. The Bertz CT molecular complexity index is 861. The van der Waals surface area contributed by atoms with E-state index < -0.39 is 5.97 Å². The summed E-state index contributed by atoms with van der Waals surface area (Å²) in [5.41, 5.74) is 2.95. The zero-order valence-corrected chi connectivity index (χ0v) is 12.5. The number of nitrogens with zero attached hydrogens (tertiary/aromatic N) is 1. The third kappa shape index (κ3) is 3.37. The van der Waals surface area contributed by atoms with Crippen LogP contribution in [0.5, 0.6) is 0 Å². The van der Waals surface area contributed by atoms with Crippen LogP contribution in [0.3, 0.4) is 0 Å². The fraction of sp³-hybridized carbons (Fsp3) is 0.158. The smallest absolute Gasteiger partial charge is 0.303 e. The summed E-state index contributed by atoms with van der Waals surface area (Å²) in [4.78, 5) is 14.9. The number of pyridine rings is 1. The number of hydrogen-bond donors (Lipinski definition) is 1. The minimum Gasteiger partial charge on any atom is -0.481 e. The molecule has 0 aliphatic rings. The molecule has 0 saturated carbocycles. The number of halogens is 1. The SMILES string of the molecule is O=C(O)CCc1ccncc1Cc1ccc(F)c2ccccc12. The van der Waals surface area contributed by atoms with Gasteiger partial charge in [-0.25, -0.2) is 4.39 Å². The molecule has 0 saturated heterocycles. The van der Waals surface area contributed by atoms with Crippen LogP contribution in [-0.4, -0.2) is 16.1 Å². The quantitative estimate of drug-likeness (QED) is 0.775. The highest BCUT2D eigenvalue weighted by molar-refractivity contribution is 5.86. The monoisotopic (exact) mass is 309 g/mol. The molecule has 1 aromatic heterocycles. The average Bonchev–Trinajstić information content (AvgIpc) is 2.57. The fourth-order valence-electron chi connectivity index (χ4n) is 2.78. The van der Waals surface area contributed by atoms with Gasteiger partial charge >= 0.3 is 5.97 Å². The Hall–Kier alpha value is -2.75. The van der Waals surface area contributed by atoms with Gasteiger partial charge in [0.1, 0.15) is 5.82 Å². The summed E-state index contributed by atoms with van der Waals surface area (Å²) in [6, 6.07) is 12.5. The third-order valence-corrected chi connectivity index (χ3v) is 3.95. The molecule has 0 aliphatic heterocycles. The standard InChI is InChI=1S/C19H16FNO2/c20-18-7-5-14(16-3-1-2-4-17(16)18)11-15-12-21-10-9-13(15)6-8-19(22)23/h1-5,7,9-10,12H,6,8,11H2,(H,22,23). The molecule has 0 spiro atoms. The van der Waals surface area contributed by atoms with Gasteiger partial charge in [-0.2, -0.15) is 0 Å². The van der Waals surface area contributed by atoms with Gasteiger partial charge in [-0.15, -0.1) is 0 Å². The molecule has 0 unspecified atom stereocenters. The summed E-state index contributed by atoms with van der Waals surface area (Å²) in [5, 5.41) is 10.3. The van der Waals surface area contributed by atoms with E-state index in [1.165, 1.54) is 6.07 Å². The lowest BCUT2D eigenvalue weighted by molar-refractivity contribution is -0.136. The normalized spacial score (nSPS) is 10.8. The first-order valence-corrected chi connectivity index (χ1v) is 7.45. The number of hydrogen-bond acceptors (Lipinski definition) is 2. The van der Waals surface area contributed by atoms with Crippen molar-refractivity contribution in [1.82, 2.24) is 4.98 Å². The predicted octanol–water partition coefficient (Wildman–Crippen LogP) is 3.98. The second-order valence-corrected chi connectivity index (χ2v) is 5.47. The van der Waals surface area contributed by atoms with E-state index in [-0.39, 0.29) is 12.2 Å². The summed E-state index contributed by atoms with van der Waals surface area (Å²) in [5.74, 6) is -1.05. The van der Waals surface area contributed by atoms with Crippen LogP contribution in [0.25, 0.3) is 10.8 Å². The lowest BCUT2D eigenvalue weighted by Crippen LogP contribution is -2.02. The molecule has 0 bridgehead atoms. The number of carbonyl (C=O) groups is 1. The summed E-state index contributed by atoms with van der Waals surface area (Å²) >= 11 is 0. The molecule has 4 heteroatoms. The van der Waals surface area contributed by atoms with Crippen LogP contribution < -0.4 is 0 Å². The number of fused-ring (bicyclic) bond motifs is 1. The first kappa shape index (κ1) is 15.2. The van der Waals surface area contributed by atoms with Gasteiger partial charge in [-0.05, 0) is 47.1 Å². The van der Waals surface area contributed by atoms with Gasteiger partial charge in [0.25, 0.3) is 0 Å². The predicted molar refractivity (Wildman–Crippen MR) is 86.9 cm³/mol. The lowest BCUT2D eigenvalue weighted by Gasteiger charge is -2.11. The lowest BCUT2D eigenvalue weighted by atomic mass is 9.95. The maximum Gasteiger partial charge on any atom is 0.303 e. The highest BCUT2D eigenvalue weighted by atomic mass is 19.1. The Morgan fingerprint density at radius 2 is 1.78 bits per heavy atom. The molecule has 0 atom stereocenters. The summed E-state index contributed by atoms with van der Waals surface area (Å²) in [6.45, 7) is 0. The number of aryl methyl sites for hydroxylation is 1. The van der Waals surface area contributed by atoms with Gasteiger partial charge < -0.3 is 5.11 Å². The van der Waals surface area contributed by atoms with Gasteiger partial charge in [-0.1, -0.05) is 30.3 Å². The van der Waals surface area contributed by atoms with Crippen molar-refractivity contribution in [2.45, 2.75) is 19.3 Å². The molecule has 1 N–H and O–H groups in total. The molecular formula is C19H16FNO2. The van der Waals surface area contributed by atoms with Crippen LogP contribution in [0.15, 0.2) is 54.9 Å². The molecule has 2 aromatic carbocycles. The molecule has 23 heavy (non-hydrogen) atoms. The van der Waals surface area contributed by atoms with E-state index in [2.05, 4.69) is 4.98 Å². The van der Waals surface area contributed by atoms with E-state index in [1.54, 1.807) is 24.5 Å². The van der Waals surface area contributed by atoms with Crippen LogP contribution in [0.2, 0.25) is 0 Å². The minimum absolute atomic E-state index is 0.0845. The molecule has 0 amide bonds. The van der Waals surface area contributed by atoms with Crippen molar-refractivity contribution in [2.24, 2.45) is 0 Å². The zero-order chi connectivity index (χ0) is 16.2. The van der Waals surface area contributed by atoms with Crippen molar-refractivity contribution >= 4 is 16.7 Å². The molecule has 3 nitrogen and oxygen atoms in total. The van der Waals surface area contributed by atoms with Crippen molar-refractivity contribution in [3.63, 3.8) is 0 Å². The largest absolute Gasteiger partial charge is 0.481 e. The van der Waals surface area contributed by atoms with Crippen LogP contribution in [0.1, 0.15) is 23.1 Å². The Kier molecular flexibility index (Phi) is 4.33. The molecular weight excluding hydrogens is 293 g/mol. The number of carboxylic acids is 1. The van der Waals surface area contributed by atoms with Gasteiger partial charge in [0.15, 0.2) is 0 Å². The highest BCUT2D eigenvalue weighted by Crippen LogP contribution is 2.25. The second-order valence-electron chi connectivity index (χ2n) is 5.47. The average molecular weight is 309 g/mol. The van der Waals surface area contributed by atoms with Gasteiger partial charge in [0, 0.05) is 24.2 Å². The molecule has 1 heterocycles. The van der Waals surface area contributed by atoms with Crippen LogP contribution in [0, 0.1) is 5.82 Å². The van der Waals surface area contributed by atoms with Gasteiger partial charge in [0.05, 0.1) is 0 Å². The maximum absolute atomic E-state index is 13.9. The molecule has 0 fully saturated rings. The van der Waals surface area contributed by atoms with E-state index in [1.807, 2.05) is 24.3 Å². The van der Waals surface area contributed by atoms with E-state index in [0.29, 0.717) is 18.2 Å².